The molecule has 3 heteroatoms. The molecule has 0 aromatic carbocycles. The number of carbonyl (C=O) groups excluding carboxylic acids is 2. The lowest BCUT2D eigenvalue weighted by atomic mass is 9.78. The third kappa shape index (κ3) is 1.12. The van der Waals surface area contributed by atoms with Crippen molar-refractivity contribution in [2.24, 2.45) is 29.6 Å². The molecule has 3 nitrogen and oxygen atoms in total. The number of esters is 1. The summed E-state index contributed by atoms with van der Waals surface area (Å²) in [6.45, 7) is 0. The Hall–Kier alpha value is -0.860. The number of hydrogen-bond acceptors (Lipinski definition) is 3. The number of rotatable bonds is 1. The maximum absolute atomic E-state index is 11.8. The molecule has 0 amide bonds. The van der Waals surface area contributed by atoms with E-state index in [9.17, 15) is 9.59 Å². The summed E-state index contributed by atoms with van der Waals surface area (Å²) in [5.41, 5.74) is 0. The first-order valence-electron chi connectivity index (χ1n) is 5.83. The lowest BCUT2D eigenvalue weighted by Crippen LogP contribution is -2.30. The molecule has 3 saturated carbocycles. The van der Waals surface area contributed by atoms with Crippen LogP contribution in [0.4, 0.5) is 0 Å². The second-order valence-electron chi connectivity index (χ2n) is 5.25. The van der Waals surface area contributed by atoms with Crippen LogP contribution in [0, 0.1) is 29.6 Å². The second kappa shape index (κ2) is 3.06. The third-order valence-electron chi connectivity index (χ3n) is 4.78. The zero-order valence-corrected chi connectivity index (χ0v) is 8.94. The van der Waals surface area contributed by atoms with Gasteiger partial charge in [0.05, 0.1) is 7.11 Å². The van der Waals surface area contributed by atoms with Crippen molar-refractivity contribution in [1.29, 1.82) is 0 Å². The smallest absolute Gasteiger partial charge is 0.316 e. The van der Waals surface area contributed by atoms with E-state index in [0.717, 1.165) is 5.92 Å². The maximum atomic E-state index is 11.8. The molecule has 0 radical (unpaired) electrons. The van der Waals surface area contributed by atoms with Crippen molar-refractivity contribution in [3.8, 4) is 0 Å². The topological polar surface area (TPSA) is 43.4 Å². The van der Waals surface area contributed by atoms with E-state index in [4.69, 9.17) is 4.74 Å². The Labute approximate surface area is 89.2 Å². The molecule has 0 aromatic rings. The van der Waals surface area contributed by atoms with Gasteiger partial charge in [0, 0.05) is 6.42 Å². The Morgan fingerprint density at radius 1 is 1.33 bits per heavy atom. The van der Waals surface area contributed by atoms with Gasteiger partial charge >= 0.3 is 5.97 Å². The molecule has 3 rings (SSSR count). The van der Waals surface area contributed by atoms with Crippen LogP contribution in [0.1, 0.15) is 25.7 Å². The van der Waals surface area contributed by atoms with Crippen LogP contribution in [0.3, 0.4) is 0 Å². The highest BCUT2D eigenvalue weighted by molar-refractivity contribution is 6.01. The minimum Gasteiger partial charge on any atom is -0.468 e. The molecule has 82 valence electrons. The lowest BCUT2D eigenvalue weighted by Gasteiger charge is -2.26. The summed E-state index contributed by atoms with van der Waals surface area (Å²) < 4.78 is 4.76. The van der Waals surface area contributed by atoms with Crippen LogP contribution in [0.15, 0.2) is 0 Å². The Kier molecular flexibility index (Phi) is 1.91. The van der Waals surface area contributed by atoms with Gasteiger partial charge in [-0.1, -0.05) is 0 Å². The molecule has 0 heterocycles. The number of Topliss-reactive ketones (excluding diaryl/α,β-unsaturated/α-hetero) is 1. The van der Waals surface area contributed by atoms with Gasteiger partial charge in [-0.25, -0.2) is 0 Å². The molecular formula is C12H16O3. The number of hydrogen-bond donors (Lipinski definition) is 0. The zero-order chi connectivity index (χ0) is 10.6. The van der Waals surface area contributed by atoms with Gasteiger partial charge in [-0.05, 0) is 42.9 Å². The summed E-state index contributed by atoms with van der Waals surface area (Å²) in [6.07, 6.45) is 4.36. The number of methoxy groups -OCH3 is 1. The van der Waals surface area contributed by atoms with Crippen molar-refractivity contribution in [2.45, 2.75) is 25.7 Å². The number of ketones is 1. The van der Waals surface area contributed by atoms with Gasteiger partial charge < -0.3 is 4.74 Å². The first kappa shape index (κ1) is 9.37. The summed E-state index contributed by atoms with van der Waals surface area (Å²) in [6, 6.07) is 0. The van der Waals surface area contributed by atoms with E-state index in [1.54, 1.807) is 0 Å². The maximum Gasteiger partial charge on any atom is 0.316 e. The van der Waals surface area contributed by atoms with Crippen LogP contribution in [0.25, 0.3) is 0 Å². The average Bonchev–Trinajstić information content (AvgIpc) is 2.86. The molecule has 3 aliphatic rings. The largest absolute Gasteiger partial charge is 0.468 e. The van der Waals surface area contributed by atoms with Crippen molar-refractivity contribution < 1.29 is 14.3 Å². The molecule has 5 atom stereocenters. The quantitative estimate of drug-likeness (QED) is 0.483. The minimum absolute atomic E-state index is 0.133. The Morgan fingerprint density at radius 3 is 2.80 bits per heavy atom. The molecule has 0 saturated heterocycles. The fraction of sp³-hybridized carbons (Fsp3) is 0.833. The summed E-state index contributed by atoms with van der Waals surface area (Å²) >= 11 is 0. The minimum atomic E-state index is -0.421. The standard InChI is InChI=1S/C12H16O3/c1-15-12(14)11-9(13)5-8-6-2-3-7(4-6)10(8)11/h6-8,10-11H,2-5H2,1H3. The van der Waals surface area contributed by atoms with E-state index in [1.807, 2.05) is 0 Å². The van der Waals surface area contributed by atoms with Gasteiger partial charge in [-0.2, -0.15) is 0 Å². The van der Waals surface area contributed by atoms with E-state index in [2.05, 4.69) is 0 Å². The monoisotopic (exact) mass is 208 g/mol. The van der Waals surface area contributed by atoms with Crippen molar-refractivity contribution >= 4 is 11.8 Å². The predicted octanol–water partition coefficient (Wildman–Crippen LogP) is 1.41. The zero-order valence-electron chi connectivity index (χ0n) is 8.94. The molecule has 0 spiro atoms. The SMILES string of the molecule is COC(=O)C1C(=O)CC2C3CCC(C3)C12. The highest BCUT2D eigenvalue weighted by Gasteiger charge is 2.58. The van der Waals surface area contributed by atoms with Crippen LogP contribution in [0.2, 0.25) is 0 Å². The van der Waals surface area contributed by atoms with Crippen LogP contribution in [-0.4, -0.2) is 18.9 Å². The molecule has 0 N–H and O–H groups in total. The molecule has 15 heavy (non-hydrogen) atoms. The van der Waals surface area contributed by atoms with Gasteiger partial charge in [0.2, 0.25) is 0 Å². The van der Waals surface area contributed by atoms with Crippen LogP contribution in [-0.2, 0) is 14.3 Å². The van der Waals surface area contributed by atoms with Gasteiger partial charge in [-0.3, -0.25) is 9.59 Å². The molecule has 0 aromatic heterocycles. The van der Waals surface area contributed by atoms with Gasteiger partial charge in [0.15, 0.2) is 0 Å². The van der Waals surface area contributed by atoms with Gasteiger partial charge in [0.25, 0.3) is 0 Å². The third-order valence-corrected chi connectivity index (χ3v) is 4.78. The fourth-order valence-electron chi connectivity index (χ4n) is 4.27. The highest BCUT2D eigenvalue weighted by atomic mass is 16.5. The van der Waals surface area contributed by atoms with Gasteiger partial charge in [0.1, 0.15) is 11.7 Å². The summed E-state index contributed by atoms with van der Waals surface area (Å²) in [4.78, 5) is 23.4. The van der Waals surface area contributed by atoms with Crippen molar-refractivity contribution in [3.05, 3.63) is 0 Å². The second-order valence-corrected chi connectivity index (χ2v) is 5.25. The predicted molar refractivity (Wildman–Crippen MR) is 52.9 cm³/mol. The highest BCUT2D eigenvalue weighted by Crippen LogP contribution is 2.59. The van der Waals surface area contributed by atoms with Crippen LogP contribution < -0.4 is 0 Å². The summed E-state index contributed by atoms with van der Waals surface area (Å²) in [7, 11) is 1.39. The normalized spacial score (nSPS) is 47.0. The van der Waals surface area contributed by atoms with Crippen LogP contribution >= 0.6 is 0 Å². The summed E-state index contributed by atoms with van der Waals surface area (Å²) in [5.74, 6) is 1.59. The fourth-order valence-corrected chi connectivity index (χ4v) is 4.27. The van der Waals surface area contributed by atoms with Crippen molar-refractivity contribution in [2.75, 3.05) is 7.11 Å². The molecule has 0 aliphatic heterocycles. The first-order chi connectivity index (χ1) is 7.22. The molecule has 2 bridgehead atoms. The van der Waals surface area contributed by atoms with E-state index < -0.39 is 5.92 Å². The Bertz CT molecular complexity index is 323. The van der Waals surface area contributed by atoms with E-state index in [0.29, 0.717) is 24.2 Å². The molecule has 3 fully saturated rings. The molecule has 3 aliphatic carbocycles. The van der Waals surface area contributed by atoms with Crippen LogP contribution in [0.5, 0.6) is 0 Å². The van der Waals surface area contributed by atoms with E-state index in [-0.39, 0.29) is 11.8 Å². The molecule has 5 unspecified atom stereocenters. The number of ether oxygens (including phenoxy) is 1. The average molecular weight is 208 g/mol. The first-order valence-corrected chi connectivity index (χ1v) is 5.83. The Morgan fingerprint density at radius 2 is 2.07 bits per heavy atom. The van der Waals surface area contributed by atoms with Gasteiger partial charge in [-0.15, -0.1) is 0 Å². The number of carbonyl (C=O) groups is 2. The Balaban J connectivity index is 1.90. The van der Waals surface area contributed by atoms with Crippen molar-refractivity contribution in [1.82, 2.24) is 0 Å². The molecular weight excluding hydrogens is 192 g/mol. The van der Waals surface area contributed by atoms with Crippen molar-refractivity contribution in [3.63, 3.8) is 0 Å². The van der Waals surface area contributed by atoms with E-state index in [1.165, 1.54) is 26.4 Å². The van der Waals surface area contributed by atoms with E-state index >= 15 is 0 Å². The summed E-state index contributed by atoms with van der Waals surface area (Å²) in [5, 5.41) is 0. The number of fused-ring (bicyclic) bond motifs is 5. The lowest BCUT2D eigenvalue weighted by molar-refractivity contribution is -0.150.